The van der Waals surface area contributed by atoms with Crippen LogP contribution >= 0.6 is 24.0 Å². The lowest BCUT2D eigenvalue weighted by Gasteiger charge is -2.17. The van der Waals surface area contributed by atoms with Crippen molar-refractivity contribution in [2.75, 3.05) is 33.5 Å². The first kappa shape index (κ1) is 26.3. The Labute approximate surface area is 209 Å². The summed E-state index contributed by atoms with van der Waals surface area (Å²) in [5, 5.41) is 6.76. The van der Waals surface area contributed by atoms with Gasteiger partial charge in [0, 0.05) is 31.2 Å². The summed E-state index contributed by atoms with van der Waals surface area (Å²) >= 11 is 0. The molecule has 3 rings (SSSR count). The van der Waals surface area contributed by atoms with Crippen molar-refractivity contribution in [3.05, 3.63) is 58.7 Å². The van der Waals surface area contributed by atoms with Gasteiger partial charge >= 0.3 is 0 Å². The molecular weight excluding hydrogens is 517 g/mol. The lowest BCUT2D eigenvalue weighted by atomic mass is 10.1. The number of nitrogens with one attached hydrogen (secondary N) is 2. The van der Waals surface area contributed by atoms with Gasteiger partial charge in [-0.1, -0.05) is 24.3 Å². The average molecular weight is 553 g/mol. The van der Waals surface area contributed by atoms with E-state index in [1.54, 1.807) is 7.11 Å². The molecule has 2 N–H and O–H groups in total. The van der Waals surface area contributed by atoms with Gasteiger partial charge in [0.05, 0.1) is 26.9 Å². The van der Waals surface area contributed by atoms with Gasteiger partial charge in [0.2, 0.25) is 0 Å². The minimum Gasteiger partial charge on any atom is -0.496 e. The number of hydrogen-bond donors (Lipinski definition) is 2. The van der Waals surface area contributed by atoms with Gasteiger partial charge in [0.1, 0.15) is 11.5 Å². The van der Waals surface area contributed by atoms with Gasteiger partial charge in [-0.3, -0.25) is 0 Å². The van der Waals surface area contributed by atoms with Gasteiger partial charge in [-0.05, 0) is 56.0 Å². The molecular formula is C25H36IN3O3. The van der Waals surface area contributed by atoms with Crippen molar-refractivity contribution in [2.45, 2.75) is 40.3 Å². The topological polar surface area (TPSA) is 64.1 Å². The molecule has 0 bridgehead atoms. The Hall–Kier alpha value is -2.00. The Morgan fingerprint density at radius 2 is 1.97 bits per heavy atom. The van der Waals surface area contributed by atoms with Gasteiger partial charge in [-0.2, -0.15) is 0 Å². The molecule has 1 heterocycles. The molecule has 1 aliphatic rings. The zero-order valence-electron chi connectivity index (χ0n) is 19.6. The van der Waals surface area contributed by atoms with Gasteiger partial charge in [-0.15, -0.1) is 24.0 Å². The lowest BCUT2D eigenvalue weighted by Crippen LogP contribution is -2.36. The number of methoxy groups -OCH3 is 1. The molecule has 32 heavy (non-hydrogen) atoms. The first-order chi connectivity index (χ1) is 15.1. The molecule has 0 spiro atoms. The van der Waals surface area contributed by atoms with E-state index in [4.69, 9.17) is 19.2 Å². The summed E-state index contributed by atoms with van der Waals surface area (Å²) in [5.74, 6) is 3.07. The SMILES string of the molecule is CCNC(=NCc1ccc(C)c(OC)c1)NCc1ccc(C)cc1OCC1CCOC1.I. The fraction of sp³-hybridized carbons (Fsp3) is 0.480. The van der Waals surface area contributed by atoms with Crippen molar-refractivity contribution in [1.82, 2.24) is 10.6 Å². The fourth-order valence-corrected chi connectivity index (χ4v) is 3.52. The van der Waals surface area contributed by atoms with Crippen molar-refractivity contribution < 1.29 is 14.2 Å². The van der Waals surface area contributed by atoms with Crippen LogP contribution in [0.4, 0.5) is 0 Å². The molecule has 1 unspecified atom stereocenters. The molecule has 0 aliphatic carbocycles. The van der Waals surface area contributed by atoms with E-state index < -0.39 is 0 Å². The van der Waals surface area contributed by atoms with Gasteiger partial charge in [-0.25, -0.2) is 4.99 Å². The summed E-state index contributed by atoms with van der Waals surface area (Å²) in [5.41, 5.74) is 4.54. The number of guanidine groups is 1. The van der Waals surface area contributed by atoms with E-state index in [1.165, 1.54) is 5.56 Å². The van der Waals surface area contributed by atoms with Crippen LogP contribution in [0.2, 0.25) is 0 Å². The highest BCUT2D eigenvalue weighted by atomic mass is 127. The summed E-state index contributed by atoms with van der Waals surface area (Å²) < 4.78 is 17.1. The van der Waals surface area contributed by atoms with Crippen LogP contribution in [-0.4, -0.2) is 39.4 Å². The van der Waals surface area contributed by atoms with Crippen molar-refractivity contribution in [1.29, 1.82) is 0 Å². The largest absolute Gasteiger partial charge is 0.496 e. The lowest BCUT2D eigenvalue weighted by molar-refractivity contribution is 0.166. The monoisotopic (exact) mass is 553 g/mol. The Kier molecular flexibility index (Phi) is 11.1. The van der Waals surface area contributed by atoms with Crippen LogP contribution in [-0.2, 0) is 17.8 Å². The van der Waals surface area contributed by atoms with E-state index in [1.807, 2.05) is 13.0 Å². The minimum absolute atomic E-state index is 0. The molecule has 7 heteroatoms. The third-order valence-electron chi connectivity index (χ3n) is 5.40. The molecule has 0 saturated carbocycles. The van der Waals surface area contributed by atoms with Crippen LogP contribution in [0.25, 0.3) is 0 Å². The molecule has 1 atom stereocenters. The van der Waals surface area contributed by atoms with E-state index in [2.05, 4.69) is 54.8 Å². The second-order valence-electron chi connectivity index (χ2n) is 8.00. The number of aryl methyl sites for hydroxylation is 2. The van der Waals surface area contributed by atoms with E-state index in [0.717, 1.165) is 60.3 Å². The van der Waals surface area contributed by atoms with Crippen LogP contribution in [0.1, 0.15) is 35.6 Å². The Morgan fingerprint density at radius 1 is 1.12 bits per heavy atom. The number of hydrogen-bond acceptors (Lipinski definition) is 4. The van der Waals surface area contributed by atoms with Crippen LogP contribution < -0.4 is 20.1 Å². The molecule has 2 aromatic carbocycles. The quantitative estimate of drug-likeness (QED) is 0.270. The molecule has 176 valence electrons. The zero-order valence-corrected chi connectivity index (χ0v) is 21.9. The molecule has 1 aliphatic heterocycles. The predicted molar refractivity (Wildman–Crippen MR) is 140 cm³/mol. The van der Waals surface area contributed by atoms with E-state index >= 15 is 0 Å². The van der Waals surface area contributed by atoms with Crippen LogP contribution in [0, 0.1) is 19.8 Å². The Morgan fingerprint density at radius 3 is 2.69 bits per heavy atom. The Balaban J connectivity index is 0.00000363. The van der Waals surface area contributed by atoms with Gasteiger partial charge < -0.3 is 24.8 Å². The maximum Gasteiger partial charge on any atom is 0.191 e. The van der Waals surface area contributed by atoms with Crippen molar-refractivity contribution >= 4 is 29.9 Å². The fourth-order valence-electron chi connectivity index (χ4n) is 3.52. The molecule has 0 aromatic heterocycles. The molecule has 1 fully saturated rings. The summed E-state index contributed by atoms with van der Waals surface area (Å²) in [6.45, 7) is 10.5. The molecule has 0 amide bonds. The molecule has 0 radical (unpaired) electrons. The van der Waals surface area contributed by atoms with E-state index in [-0.39, 0.29) is 24.0 Å². The maximum atomic E-state index is 6.17. The molecule has 2 aromatic rings. The highest BCUT2D eigenvalue weighted by Crippen LogP contribution is 2.23. The second kappa shape index (κ2) is 13.5. The van der Waals surface area contributed by atoms with Crippen molar-refractivity contribution in [2.24, 2.45) is 10.9 Å². The highest BCUT2D eigenvalue weighted by Gasteiger charge is 2.17. The highest BCUT2D eigenvalue weighted by molar-refractivity contribution is 14.0. The maximum absolute atomic E-state index is 6.17. The predicted octanol–water partition coefficient (Wildman–Crippen LogP) is 4.60. The third-order valence-corrected chi connectivity index (χ3v) is 5.40. The first-order valence-electron chi connectivity index (χ1n) is 11.0. The number of benzene rings is 2. The smallest absolute Gasteiger partial charge is 0.191 e. The second-order valence-corrected chi connectivity index (χ2v) is 8.00. The minimum atomic E-state index is 0. The normalized spacial score (nSPS) is 15.8. The van der Waals surface area contributed by atoms with Crippen LogP contribution in [0.3, 0.4) is 0 Å². The number of nitrogens with zero attached hydrogens (tertiary/aromatic N) is 1. The van der Waals surface area contributed by atoms with Gasteiger partial charge in [0.25, 0.3) is 0 Å². The number of aliphatic imine (C=N–C) groups is 1. The van der Waals surface area contributed by atoms with E-state index in [9.17, 15) is 0 Å². The molecule has 1 saturated heterocycles. The van der Waals surface area contributed by atoms with Crippen molar-refractivity contribution in [3.63, 3.8) is 0 Å². The first-order valence-corrected chi connectivity index (χ1v) is 11.0. The standard InChI is InChI=1S/C25H35N3O3.HI/c1-5-26-25(27-14-20-8-7-19(3)23(13-20)29-4)28-15-22-9-6-18(2)12-24(22)31-17-21-10-11-30-16-21;/h6-9,12-13,21H,5,10-11,14-17H2,1-4H3,(H2,26,27,28);1H. The number of ether oxygens (including phenoxy) is 3. The third kappa shape index (κ3) is 7.85. The zero-order chi connectivity index (χ0) is 22.1. The van der Waals surface area contributed by atoms with Gasteiger partial charge in [0.15, 0.2) is 5.96 Å². The summed E-state index contributed by atoms with van der Waals surface area (Å²) in [4.78, 5) is 4.74. The molecule has 6 nitrogen and oxygen atoms in total. The van der Waals surface area contributed by atoms with Crippen LogP contribution in [0.15, 0.2) is 41.4 Å². The van der Waals surface area contributed by atoms with E-state index in [0.29, 0.717) is 25.6 Å². The summed E-state index contributed by atoms with van der Waals surface area (Å²) in [6, 6.07) is 12.5. The number of halogens is 1. The van der Waals surface area contributed by atoms with Crippen molar-refractivity contribution in [3.8, 4) is 11.5 Å². The van der Waals surface area contributed by atoms with Crippen LogP contribution in [0.5, 0.6) is 11.5 Å². The summed E-state index contributed by atoms with van der Waals surface area (Å²) in [7, 11) is 1.70. The Bertz CT molecular complexity index is 883. The number of rotatable bonds is 9. The average Bonchev–Trinajstić information content (AvgIpc) is 3.29. The summed E-state index contributed by atoms with van der Waals surface area (Å²) in [6.07, 6.45) is 1.07.